The van der Waals surface area contributed by atoms with Crippen molar-refractivity contribution in [2.45, 2.75) is 60.2 Å². The molecule has 0 bridgehead atoms. The van der Waals surface area contributed by atoms with Crippen molar-refractivity contribution in [1.29, 1.82) is 0 Å². The molecule has 0 atom stereocenters. The summed E-state index contributed by atoms with van der Waals surface area (Å²) in [6.45, 7) is 11.2. The Labute approximate surface area is 81.3 Å². The van der Waals surface area contributed by atoms with Gasteiger partial charge in [0.2, 0.25) is 0 Å². The molecule has 3 heteroatoms. The molecule has 0 aromatic carbocycles. The molecule has 0 rings (SSSR count). The van der Waals surface area contributed by atoms with E-state index < -0.39 is 0 Å². The Bertz CT molecular complexity index is 111. The standard InChI is InChI=1S/C6H14O2.C4H8O/c1-5(2)7-8-6(3)4;1-3-4(2)5/h5-6H,1-4H3;3H2,1-2H3. The van der Waals surface area contributed by atoms with E-state index in [1.165, 1.54) is 0 Å². The highest BCUT2D eigenvalue weighted by Gasteiger charge is 1.95. The average molecular weight is 190 g/mol. The van der Waals surface area contributed by atoms with E-state index in [0.29, 0.717) is 6.42 Å². The molecule has 0 unspecified atom stereocenters. The van der Waals surface area contributed by atoms with Crippen LogP contribution < -0.4 is 0 Å². The highest BCUT2D eigenvalue weighted by Crippen LogP contribution is 1.93. The number of carbonyl (C=O) groups excluding carboxylic acids is 1. The molecule has 0 aromatic heterocycles. The fraction of sp³-hybridized carbons (Fsp3) is 0.900. The zero-order valence-corrected chi connectivity index (χ0v) is 9.59. The molecule has 0 saturated carbocycles. The van der Waals surface area contributed by atoms with E-state index in [1.54, 1.807) is 6.92 Å². The van der Waals surface area contributed by atoms with Crippen LogP contribution in [0.15, 0.2) is 0 Å². The molecule has 0 aliphatic rings. The second-order valence-corrected chi connectivity index (χ2v) is 3.35. The summed E-state index contributed by atoms with van der Waals surface area (Å²) in [7, 11) is 0. The average Bonchev–Trinajstić information content (AvgIpc) is 2.02. The minimum atomic E-state index is 0.164. The molecule has 13 heavy (non-hydrogen) atoms. The van der Waals surface area contributed by atoms with Crippen LogP contribution in [0, 0.1) is 0 Å². The van der Waals surface area contributed by atoms with E-state index in [9.17, 15) is 4.79 Å². The molecule has 0 spiro atoms. The molecule has 0 radical (unpaired) electrons. The molecule has 0 aromatic rings. The number of hydrogen-bond acceptors (Lipinski definition) is 3. The first kappa shape index (κ1) is 15.1. The van der Waals surface area contributed by atoms with E-state index in [0.717, 1.165) is 0 Å². The van der Waals surface area contributed by atoms with Crippen molar-refractivity contribution in [2.75, 3.05) is 0 Å². The van der Waals surface area contributed by atoms with Crippen LogP contribution in [0.3, 0.4) is 0 Å². The van der Waals surface area contributed by atoms with Gasteiger partial charge < -0.3 is 4.79 Å². The van der Waals surface area contributed by atoms with Gasteiger partial charge in [-0.15, -0.1) is 0 Å². The maximum absolute atomic E-state index is 9.81. The van der Waals surface area contributed by atoms with Gasteiger partial charge >= 0.3 is 0 Å². The van der Waals surface area contributed by atoms with Crippen LogP contribution in [-0.4, -0.2) is 18.0 Å². The normalized spacial score (nSPS) is 9.85. The van der Waals surface area contributed by atoms with Gasteiger partial charge in [-0.1, -0.05) is 6.92 Å². The summed E-state index contributed by atoms with van der Waals surface area (Å²) in [5, 5.41) is 0. The van der Waals surface area contributed by atoms with Gasteiger partial charge in [0.05, 0.1) is 12.2 Å². The number of ketones is 1. The van der Waals surface area contributed by atoms with Crippen molar-refractivity contribution in [3.63, 3.8) is 0 Å². The van der Waals surface area contributed by atoms with Gasteiger partial charge in [-0.3, -0.25) is 0 Å². The zero-order chi connectivity index (χ0) is 10.9. The minimum Gasteiger partial charge on any atom is -0.300 e. The monoisotopic (exact) mass is 190 g/mol. The highest BCUT2D eigenvalue weighted by atomic mass is 17.2. The molecule has 0 saturated heterocycles. The van der Waals surface area contributed by atoms with Gasteiger partial charge in [-0.05, 0) is 34.6 Å². The van der Waals surface area contributed by atoms with Gasteiger partial charge in [-0.2, -0.15) is 0 Å². The lowest BCUT2D eigenvalue weighted by Crippen LogP contribution is -2.08. The molecular weight excluding hydrogens is 168 g/mol. The number of Topliss-reactive ketones (excluding diaryl/α,β-unsaturated/α-hetero) is 1. The third-order valence-corrected chi connectivity index (χ3v) is 0.938. The Hall–Kier alpha value is -0.410. The molecule has 3 nitrogen and oxygen atoms in total. The smallest absolute Gasteiger partial charge is 0.129 e. The van der Waals surface area contributed by atoms with Gasteiger partial charge in [0.15, 0.2) is 0 Å². The molecule has 0 amide bonds. The summed E-state index contributed by atoms with van der Waals surface area (Å²) in [4.78, 5) is 19.4. The number of hydrogen-bond donors (Lipinski definition) is 0. The lowest BCUT2D eigenvalue weighted by Gasteiger charge is -2.08. The van der Waals surface area contributed by atoms with Crippen LogP contribution >= 0.6 is 0 Å². The lowest BCUT2D eigenvalue weighted by molar-refractivity contribution is -0.337. The fourth-order valence-corrected chi connectivity index (χ4v) is 0.222. The topological polar surface area (TPSA) is 35.5 Å². The van der Waals surface area contributed by atoms with Crippen molar-refractivity contribution < 1.29 is 14.6 Å². The van der Waals surface area contributed by atoms with Gasteiger partial charge in [0.1, 0.15) is 5.78 Å². The molecule has 0 aliphatic carbocycles. The molecule has 0 fully saturated rings. The van der Waals surface area contributed by atoms with E-state index in [2.05, 4.69) is 0 Å². The van der Waals surface area contributed by atoms with Crippen molar-refractivity contribution in [3.8, 4) is 0 Å². The fourth-order valence-electron chi connectivity index (χ4n) is 0.222. The van der Waals surface area contributed by atoms with Crippen LogP contribution in [0.1, 0.15) is 48.0 Å². The van der Waals surface area contributed by atoms with Crippen molar-refractivity contribution in [3.05, 3.63) is 0 Å². The molecule has 0 heterocycles. The van der Waals surface area contributed by atoms with E-state index >= 15 is 0 Å². The summed E-state index contributed by atoms with van der Waals surface area (Å²) in [6, 6.07) is 0. The Kier molecular flexibility index (Phi) is 11.2. The molecule has 80 valence electrons. The van der Waals surface area contributed by atoms with Crippen LogP contribution in [-0.2, 0) is 14.6 Å². The minimum absolute atomic E-state index is 0.164. The van der Waals surface area contributed by atoms with Crippen LogP contribution in [0.5, 0.6) is 0 Å². The van der Waals surface area contributed by atoms with Crippen LogP contribution in [0.25, 0.3) is 0 Å². The first-order valence-corrected chi connectivity index (χ1v) is 4.71. The van der Waals surface area contributed by atoms with Crippen molar-refractivity contribution in [2.24, 2.45) is 0 Å². The Morgan fingerprint density at radius 3 is 1.38 bits per heavy atom. The quantitative estimate of drug-likeness (QED) is 0.505. The predicted octanol–water partition coefficient (Wildman–Crippen LogP) is 2.74. The zero-order valence-electron chi connectivity index (χ0n) is 9.59. The first-order chi connectivity index (χ1) is 5.90. The van der Waals surface area contributed by atoms with E-state index in [1.807, 2.05) is 34.6 Å². The molecule has 0 aliphatic heterocycles. The lowest BCUT2D eigenvalue weighted by atomic mass is 10.4. The summed E-state index contributed by atoms with van der Waals surface area (Å²) in [6.07, 6.45) is 0.995. The SMILES string of the molecule is CC(C)OOC(C)C.CCC(C)=O. The van der Waals surface area contributed by atoms with Crippen LogP contribution in [0.2, 0.25) is 0 Å². The Morgan fingerprint density at radius 1 is 1.08 bits per heavy atom. The van der Waals surface area contributed by atoms with E-state index in [-0.39, 0.29) is 18.0 Å². The second kappa shape index (κ2) is 9.68. The van der Waals surface area contributed by atoms with Crippen LogP contribution in [0.4, 0.5) is 0 Å². The summed E-state index contributed by atoms with van der Waals surface area (Å²) < 4.78 is 0. The maximum atomic E-state index is 9.81. The Morgan fingerprint density at radius 2 is 1.31 bits per heavy atom. The maximum Gasteiger partial charge on any atom is 0.129 e. The second-order valence-electron chi connectivity index (χ2n) is 3.35. The predicted molar refractivity (Wildman–Crippen MR) is 53.4 cm³/mol. The third kappa shape index (κ3) is 24.5. The van der Waals surface area contributed by atoms with Crippen molar-refractivity contribution >= 4 is 5.78 Å². The third-order valence-electron chi connectivity index (χ3n) is 0.938. The summed E-state index contributed by atoms with van der Waals surface area (Å²) in [5.74, 6) is 0.255. The van der Waals surface area contributed by atoms with E-state index in [4.69, 9.17) is 9.78 Å². The highest BCUT2D eigenvalue weighted by molar-refractivity contribution is 5.74. The first-order valence-electron chi connectivity index (χ1n) is 4.71. The largest absolute Gasteiger partial charge is 0.300 e. The summed E-state index contributed by atoms with van der Waals surface area (Å²) >= 11 is 0. The number of rotatable bonds is 4. The number of carbonyl (C=O) groups is 1. The van der Waals surface area contributed by atoms with Gasteiger partial charge in [0, 0.05) is 6.42 Å². The summed E-state index contributed by atoms with van der Waals surface area (Å²) in [5.41, 5.74) is 0. The molecule has 0 N–H and O–H groups in total. The van der Waals surface area contributed by atoms with Gasteiger partial charge in [0.25, 0.3) is 0 Å². The van der Waals surface area contributed by atoms with Gasteiger partial charge in [-0.25, -0.2) is 9.78 Å². The Balaban J connectivity index is 0. The van der Waals surface area contributed by atoms with Crippen molar-refractivity contribution in [1.82, 2.24) is 0 Å². The molecular formula is C10H22O3.